The van der Waals surface area contributed by atoms with Crippen LogP contribution in [0.5, 0.6) is 11.5 Å². The lowest BCUT2D eigenvalue weighted by molar-refractivity contribution is -0.00934. The van der Waals surface area contributed by atoms with E-state index in [1.165, 1.54) is 0 Å². The number of allylic oxidation sites excluding steroid dienone is 2. The molecule has 1 aliphatic rings. The second-order valence-electron chi connectivity index (χ2n) is 6.47. The van der Waals surface area contributed by atoms with Crippen LogP contribution in [0.1, 0.15) is 46.8 Å². The number of fused-ring (bicyclic) bond motifs is 1. The van der Waals surface area contributed by atoms with Crippen LogP contribution in [0, 0.1) is 18.3 Å². The van der Waals surface area contributed by atoms with E-state index in [1.807, 2.05) is 19.9 Å². The van der Waals surface area contributed by atoms with Gasteiger partial charge in [0.1, 0.15) is 23.7 Å². The summed E-state index contributed by atoms with van der Waals surface area (Å²) in [6, 6.07) is 2.15. The molecule has 28 heavy (non-hydrogen) atoms. The van der Waals surface area contributed by atoms with Crippen molar-refractivity contribution in [3.63, 3.8) is 0 Å². The Morgan fingerprint density at radius 3 is 2.75 bits per heavy atom. The molecule has 1 aliphatic heterocycles. The quantitative estimate of drug-likeness (QED) is 0.247. The summed E-state index contributed by atoms with van der Waals surface area (Å²) in [5.74, 6) is 0.703. The highest BCUT2D eigenvalue weighted by molar-refractivity contribution is 5.98. The molecule has 0 aliphatic carbocycles. The van der Waals surface area contributed by atoms with Crippen LogP contribution in [0.3, 0.4) is 0 Å². The van der Waals surface area contributed by atoms with E-state index in [4.69, 9.17) is 28.9 Å². The average Bonchev–Trinajstić information content (AvgIpc) is 3.08. The van der Waals surface area contributed by atoms with Crippen LogP contribution in [0.4, 0.5) is 0 Å². The van der Waals surface area contributed by atoms with Gasteiger partial charge in [0.25, 0.3) is 0 Å². The monoisotopic (exact) mass is 391 g/mol. The molecule has 0 bridgehead atoms. The molecule has 0 fully saturated rings. The Bertz CT molecular complexity index is 778. The molecule has 152 valence electrons. The molecular weight excluding hydrogens is 364 g/mol. The normalized spacial score (nSPS) is 13.1. The van der Waals surface area contributed by atoms with E-state index in [1.54, 1.807) is 14.2 Å². The third kappa shape index (κ3) is 5.03. The zero-order chi connectivity index (χ0) is 20.5. The molecular formula is C21H27NO6. The number of hydrogen-bond acceptors (Lipinski definition) is 7. The molecule has 1 aromatic rings. The van der Waals surface area contributed by atoms with Crippen LogP contribution >= 0.6 is 0 Å². The van der Waals surface area contributed by atoms with E-state index in [2.05, 4.69) is 6.07 Å². The minimum atomic E-state index is -0.404. The van der Waals surface area contributed by atoms with Crippen molar-refractivity contribution < 1.29 is 28.5 Å². The molecule has 7 heteroatoms. The zero-order valence-corrected chi connectivity index (χ0v) is 16.9. The molecule has 0 aromatic heterocycles. The van der Waals surface area contributed by atoms with Crippen molar-refractivity contribution in [3.05, 3.63) is 33.9 Å². The summed E-state index contributed by atoms with van der Waals surface area (Å²) in [7, 11) is 3.19. The van der Waals surface area contributed by atoms with E-state index in [-0.39, 0.29) is 13.4 Å². The fraction of sp³-hybridized carbons (Fsp3) is 0.524. The number of carbonyl (C=O) groups is 1. The Balaban J connectivity index is 2.39. The maximum absolute atomic E-state index is 12.3. The first-order valence-electron chi connectivity index (χ1n) is 9.16. The number of nitrogens with zero attached hydrogens (tertiary/aromatic N) is 1. The van der Waals surface area contributed by atoms with Gasteiger partial charge in [-0.15, -0.1) is 0 Å². The molecule has 0 N–H and O–H groups in total. The number of hydrogen-bond donors (Lipinski definition) is 0. The fourth-order valence-corrected chi connectivity index (χ4v) is 3.10. The van der Waals surface area contributed by atoms with Crippen molar-refractivity contribution in [3.8, 4) is 17.6 Å². The van der Waals surface area contributed by atoms with Crippen molar-refractivity contribution >= 4 is 5.97 Å². The van der Waals surface area contributed by atoms with Crippen molar-refractivity contribution in [1.29, 1.82) is 5.26 Å². The number of cyclic esters (lactones) is 1. The number of carbonyl (C=O) groups excluding carboxylic acids is 1. The van der Waals surface area contributed by atoms with Crippen LogP contribution in [0.15, 0.2) is 11.6 Å². The molecule has 1 heterocycles. The van der Waals surface area contributed by atoms with E-state index < -0.39 is 5.97 Å². The summed E-state index contributed by atoms with van der Waals surface area (Å²) in [6.45, 7) is 4.91. The van der Waals surface area contributed by atoms with E-state index in [9.17, 15) is 4.79 Å². The summed E-state index contributed by atoms with van der Waals surface area (Å²) < 4.78 is 27.1. The van der Waals surface area contributed by atoms with Gasteiger partial charge in [-0.2, -0.15) is 5.26 Å². The van der Waals surface area contributed by atoms with Gasteiger partial charge < -0.3 is 23.7 Å². The van der Waals surface area contributed by atoms with Gasteiger partial charge in [-0.25, -0.2) is 4.79 Å². The van der Waals surface area contributed by atoms with Gasteiger partial charge in [0.15, 0.2) is 6.79 Å². The summed E-state index contributed by atoms with van der Waals surface area (Å²) in [6.07, 6.45) is 3.70. The lowest BCUT2D eigenvalue weighted by Crippen LogP contribution is -2.12. The highest BCUT2D eigenvalue weighted by atomic mass is 16.7. The molecule has 0 spiro atoms. The molecule has 0 atom stereocenters. The van der Waals surface area contributed by atoms with E-state index in [0.717, 1.165) is 22.3 Å². The number of ether oxygens (including phenoxy) is 5. The highest BCUT2D eigenvalue weighted by Gasteiger charge is 2.33. The first kappa shape index (κ1) is 21.7. The number of benzene rings is 1. The van der Waals surface area contributed by atoms with E-state index in [0.29, 0.717) is 49.5 Å². The Hall–Kier alpha value is -2.56. The van der Waals surface area contributed by atoms with Gasteiger partial charge in [-0.3, -0.25) is 0 Å². The molecule has 7 nitrogen and oxygen atoms in total. The minimum Gasteiger partial charge on any atom is -0.496 e. The van der Waals surface area contributed by atoms with Crippen LogP contribution in [0.2, 0.25) is 0 Å². The number of nitriles is 1. The molecule has 0 saturated carbocycles. The Kier molecular flexibility index (Phi) is 8.30. The molecule has 0 radical (unpaired) electrons. The van der Waals surface area contributed by atoms with Crippen LogP contribution in [-0.2, 0) is 27.2 Å². The van der Waals surface area contributed by atoms with Gasteiger partial charge in [-0.1, -0.05) is 11.6 Å². The lowest BCUT2D eigenvalue weighted by Gasteiger charge is -2.19. The SMILES string of the molecule is COCCOCOc1c(C/C=C(\C)CC[14C]#N)c(OC)c(C)c2c1C(=O)OC2. The number of rotatable bonds is 11. The van der Waals surface area contributed by atoms with Gasteiger partial charge >= 0.3 is 5.97 Å². The van der Waals surface area contributed by atoms with Crippen molar-refractivity contribution in [2.45, 2.75) is 39.7 Å². The Morgan fingerprint density at radius 2 is 2.07 bits per heavy atom. The smallest absolute Gasteiger partial charge is 0.342 e. The standard InChI is InChI=1S/C21H27NO6/c1-14(6-5-9-22)7-8-16-19(25-4)15(2)17-12-27-21(23)18(17)20(16)28-13-26-11-10-24-3/h7H,5-6,8,10-13H2,1-4H3/b14-7+/i9+2. The third-order valence-corrected chi connectivity index (χ3v) is 4.63. The van der Waals surface area contributed by atoms with Gasteiger partial charge in [0.2, 0.25) is 0 Å². The van der Waals surface area contributed by atoms with Crippen LogP contribution in [0.25, 0.3) is 0 Å². The molecule has 2 rings (SSSR count). The minimum absolute atomic E-state index is 0.0145. The molecule has 1 aromatic carbocycles. The van der Waals surface area contributed by atoms with Crippen LogP contribution < -0.4 is 9.47 Å². The molecule has 0 amide bonds. The summed E-state index contributed by atoms with van der Waals surface area (Å²) in [4.78, 5) is 12.3. The second-order valence-corrected chi connectivity index (χ2v) is 6.47. The van der Waals surface area contributed by atoms with Gasteiger partial charge in [0, 0.05) is 24.7 Å². The van der Waals surface area contributed by atoms with Crippen molar-refractivity contribution in [2.24, 2.45) is 0 Å². The average molecular weight is 391 g/mol. The lowest BCUT2D eigenvalue weighted by atomic mass is 9.94. The number of esters is 1. The largest absolute Gasteiger partial charge is 0.496 e. The number of methoxy groups -OCH3 is 2. The maximum Gasteiger partial charge on any atom is 0.342 e. The summed E-state index contributed by atoms with van der Waals surface area (Å²) >= 11 is 0. The Morgan fingerprint density at radius 1 is 1.29 bits per heavy atom. The topological polar surface area (TPSA) is 87.0 Å². The molecule has 0 unspecified atom stereocenters. The summed E-state index contributed by atoms with van der Waals surface area (Å²) in [5, 5.41) is 8.77. The fourth-order valence-electron chi connectivity index (χ4n) is 3.10. The Labute approximate surface area is 165 Å². The van der Waals surface area contributed by atoms with Crippen LogP contribution in [-0.4, -0.2) is 40.2 Å². The third-order valence-electron chi connectivity index (χ3n) is 4.63. The van der Waals surface area contributed by atoms with Crippen molar-refractivity contribution in [2.75, 3.05) is 34.2 Å². The van der Waals surface area contributed by atoms with E-state index >= 15 is 0 Å². The first-order chi connectivity index (χ1) is 13.5. The van der Waals surface area contributed by atoms with Gasteiger partial charge in [0.05, 0.1) is 26.4 Å². The van der Waals surface area contributed by atoms with Crippen molar-refractivity contribution in [1.82, 2.24) is 0 Å². The second kappa shape index (κ2) is 10.7. The highest BCUT2D eigenvalue weighted by Crippen LogP contribution is 2.42. The zero-order valence-electron chi connectivity index (χ0n) is 16.9. The predicted octanol–water partition coefficient (Wildman–Crippen LogP) is 3.47. The molecule has 0 saturated heterocycles. The van der Waals surface area contributed by atoms with Gasteiger partial charge in [-0.05, 0) is 32.3 Å². The maximum atomic E-state index is 12.3. The first-order valence-corrected chi connectivity index (χ1v) is 9.16. The predicted molar refractivity (Wildman–Crippen MR) is 102 cm³/mol. The summed E-state index contributed by atoms with van der Waals surface area (Å²) in [5.41, 5.74) is 3.94.